The summed E-state index contributed by atoms with van der Waals surface area (Å²) < 4.78 is 0. The highest BCUT2D eigenvalue weighted by Crippen LogP contribution is 2.20. The molecule has 0 fully saturated rings. The van der Waals surface area contributed by atoms with Crippen molar-refractivity contribution in [1.82, 2.24) is 19.9 Å². The predicted molar refractivity (Wildman–Crippen MR) is 71.2 cm³/mol. The van der Waals surface area contributed by atoms with E-state index in [1.54, 1.807) is 0 Å². The van der Waals surface area contributed by atoms with E-state index < -0.39 is 0 Å². The van der Waals surface area contributed by atoms with Crippen LogP contribution in [0.5, 0.6) is 0 Å². The van der Waals surface area contributed by atoms with Gasteiger partial charge in [0.05, 0.1) is 11.0 Å². The number of para-hydroxylation sites is 2. The summed E-state index contributed by atoms with van der Waals surface area (Å²) in [5.74, 6) is 0.799. The van der Waals surface area contributed by atoms with E-state index >= 15 is 0 Å². The van der Waals surface area contributed by atoms with Gasteiger partial charge >= 0.3 is 0 Å². The largest absolute Gasteiger partial charge is 0.346 e. The molecule has 0 aliphatic carbocycles. The Hall–Kier alpha value is -2.62. The van der Waals surface area contributed by atoms with Gasteiger partial charge in [0.2, 0.25) is 0 Å². The summed E-state index contributed by atoms with van der Waals surface area (Å²) >= 11 is 0. The van der Waals surface area contributed by atoms with Gasteiger partial charge in [-0.1, -0.05) is 12.1 Å². The van der Waals surface area contributed by atoms with Crippen molar-refractivity contribution in [2.24, 2.45) is 0 Å². The first-order chi connectivity index (χ1) is 8.90. The van der Waals surface area contributed by atoms with Crippen LogP contribution in [-0.4, -0.2) is 19.9 Å². The Morgan fingerprint density at radius 3 is 2.78 bits per heavy atom. The van der Waals surface area contributed by atoms with Gasteiger partial charge in [-0.05, 0) is 30.3 Å². The third kappa shape index (κ3) is 1.32. The van der Waals surface area contributed by atoms with Gasteiger partial charge in [-0.3, -0.25) is 0 Å². The normalized spacial score (nSPS) is 11.3. The molecule has 1 aromatic carbocycles. The molecule has 0 aliphatic heterocycles. The van der Waals surface area contributed by atoms with Crippen LogP contribution in [0.1, 0.15) is 0 Å². The molecular formula is C14H10N4. The maximum absolute atomic E-state index is 4.55. The standard InChI is InChI=1S/C14H10N4/c1-2-4-11-10(3-1)16-14(17-11)12-6-5-9-7-8-15-13(9)18-12/h1-8H,(H,15,18)(H,16,17). The van der Waals surface area contributed by atoms with Crippen LogP contribution in [0.3, 0.4) is 0 Å². The minimum Gasteiger partial charge on any atom is -0.346 e. The molecule has 4 heteroatoms. The van der Waals surface area contributed by atoms with Crippen molar-refractivity contribution < 1.29 is 0 Å². The molecule has 0 atom stereocenters. The Labute approximate surface area is 103 Å². The monoisotopic (exact) mass is 234 g/mol. The Morgan fingerprint density at radius 1 is 0.889 bits per heavy atom. The van der Waals surface area contributed by atoms with Crippen molar-refractivity contribution in [2.45, 2.75) is 0 Å². The van der Waals surface area contributed by atoms with Crippen LogP contribution >= 0.6 is 0 Å². The summed E-state index contributed by atoms with van der Waals surface area (Å²) in [6.07, 6.45) is 1.89. The number of benzene rings is 1. The lowest BCUT2D eigenvalue weighted by Crippen LogP contribution is -1.86. The molecule has 0 spiro atoms. The number of pyridine rings is 1. The number of aromatic amines is 2. The average Bonchev–Trinajstić information content (AvgIpc) is 3.04. The summed E-state index contributed by atoms with van der Waals surface area (Å²) in [6.45, 7) is 0. The average molecular weight is 234 g/mol. The van der Waals surface area contributed by atoms with Gasteiger partial charge in [0, 0.05) is 11.6 Å². The highest BCUT2D eigenvalue weighted by molar-refractivity contribution is 5.81. The number of H-pyrrole nitrogens is 2. The Morgan fingerprint density at radius 2 is 1.83 bits per heavy atom. The third-order valence-corrected chi connectivity index (χ3v) is 3.04. The number of hydrogen-bond donors (Lipinski definition) is 2. The second-order valence-corrected chi connectivity index (χ2v) is 4.21. The fraction of sp³-hybridized carbons (Fsp3) is 0. The van der Waals surface area contributed by atoms with E-state index in [1.165, 1.54) is 0 Å². The molecule has 0 saturated carbocycles. The van der Waals surface area contributed by atoms with Gasteiger partial charge in [0.25, 0.3) is 0 Å². The van der Waals surface area contributed by atoms with E-state index in [-0.39, 0.29) is 0 Å². The first-order valence-corrected chi connectivity index (χ1v) is 5.79. The van der Waals surface area contributed by atoms with Crippen molar-refractivity contribution in [3.63, 3.8) is 0 Å². The van der Waals surface area contributed by atoms with Crippen molar-refractivity contribution in [3.05, 3.63) is 48.7 Å². The van der Waals surface area contributed by atoms with Gasteiger partial charge in [0.15, 0.2) is 5.82 Å². The molecule has 0 aliphatic rings. The Kier molecular flexibility index (Phi) is 1.80. The summed E-state index contributed by atoms with van der Waals surface area (Å²) in [7, 11) is 0. The van der Waals surface area contributed by atoms with Crippen molar-refractivity contribution in [3.8, 4) is 11.5 Å². The molecule has 0 amide bonds. The molecule has 0 bridgehead atoms. The van der Waals surface area contributed by atoms with Gasteiger partial charge < -0.3 is 9.97 Å². The number of aromatic nitrogens is 4. The summed E-state index contributed by atoms with van der Waals surface area (Å²) in [6, 6.07) is 14.0. The van der Waals surface area contributed by atoms with Gasteiger partial charge in [0.1, 0.15) is 11.3 Å². The lowest BCUT2D eigenvalue weighted by atomic mass is 10.3. The van der Waals surface area contributed by atoms with Crippen LogP contribution in [0.25, 0.3) is 33.6 Å². The molecule has 3 heterocycles. The van der Waals surface area contributed by atoms with E-state index in [2.05, 4.69) is 19.9 Å². The SMILES string of the molecule is c1ccc2[nH]c(-c3ccc4cc[nH]c4n3)nc2c1. The molecule has 86 valence electrons. The van der Waals surface area contributed by atoms with Crippen LogP contribution in [0, 0.1) is 0 Å². The maximum Gasteiger partial charge on any atom is 0.157 e. The quantitative estimate of drug-likeness (QED) is 0.531. The molecule has 0 unspecified atom stereocenters. The Bertz CT molecular complexity index is 808. The van der Waals surface area contributed by atoms with E-state index in [4.69, 9.17) is 0 Å². The van der Waals surface area contributed by atoms with Crippen LogP contribution in [-0.2, 0) is 0 Å². The molecule has 18 heavy (non-hydrogen) atoms. The van der Waals surface area contributed by atoms with Crippen molar-refractivity contribution >= 4 is 22.1 Å². The highest BCUT2D eigenvalue weighted by Gasteiger charge is 2.07. The molecule has 4 rings (SSSR count). The zero-order valence-corrected chi connectivity index (χ0v) is 9.51. The Balaban J connectivity index is 1.94. The summed E-state index contributed by atoms with van der Waals surface area (Å²) in [5.41, 5.74) is 3.72. The molecule has 3 aromatic heterocycles. The molecule has 0 radical (unpaired) electrons. The molecule has 2 N–H and O–H groups in total. The molecule has 4 aromatic rings. The van der Waals surface area contributed by atoms with Crippen LogP contribution in [0.4, 0.5) is 0 Å². The fourth-order valence-electron chi connectivity index (χ4n) is 2.14. The van der Waals surface area contributed by atoms with Crippen LogP contribution in [0.15, 0.2) is 48.7 Å². The van der Waals surface area contributed by atoms with Crippen molar-refractivity contribution in [1.29, 1.82) is 0 Å². The van der Waals surface area contributed by atoms with E-state index in [0.29, 0.717) is 0 Å². The lowest BCUT2D eigenvalue weighted by Gasteiger charge is -1.95. The number of fused-ring (bicyclic) bond motifs is 2. The van der Waals surface area contributed by atoms with E-state index in [9.17, 15) is 0 Å². The number of imidazole rings is 1. The second kappa shape index (κ2) is 3.43. The van der Waals surface area contributed by atoms with Crippen LogP contribution in [0.2, 0.25) is 0 Å². The fourth-order valence-corrected chi connectivity index (χ4v) is 2.14. The topological polar surface area (TPSA) is 57.4 Å². The first-order valence-electron chi connectivity index (χ1n) is 5.79. The van der Waals surface area contributed by atoms with Crippen molar-refractivity contribution in [2.75, 3.05) is 0 Å². The smallest absolute Gasteiger partial charge is 0.157 e. The van der Waals surface area contributed by atoms with Gasteiger partial charge in [-0.15, -0.1) is 0 Å². The maximum atomic E-state index is 4.55. The zero-order chi connectivity index (χ0) is 11.9. The minimum atomic E-state index is 0.799. The second-order valence-electron chi connectivity index (χ2n) is 4.21. The minimum absolute atomic E-state index is 0.799. The zero-order valence-electron chi connectivity index (χ0n) is 9.51. The lowest BCUT2D eigenvalue weighted by molar-refractivity contribution is 1.25. The number of nitrogens with one attached hydrogen (secondary N) is 2. The number of hydrogen-bond acceptors (Lipinski definition) is 2. The number of nitrogens with zero attached hydrogens (tertiary/aromatic N) is 2. The third-order valence-electron chi connectivity index (χ3n) is 3.04. The number of rotatable bonds is 1. The molecule has 0 saturated heterocycles. The molecular weight excluding hydrogens is 224 g/mol. The van der Waals surface area contributed by atoms with Gasteiger partial charge in [-0.2, -0.15) is 0 Å². The predicted octanol–water partition coefficient (Wildman–Crippen LogP) is 3.11. The van der Waals surface area contributed by atoms with Crippen LogP contribution < -0.4 is 0 Å². The molecule has 4 nitrogen and oxygen atoms in total. The first kappa shape index (κ1) is 9.41. The summed E-state index contributed by atoms with van der Waals surface area (Å²) in [4.78, 5) is 15.5. The van der Waals surface area contributed by atoms with Gasteiger partial charge in [-0.25, -0.2) is 9.97 Å². The van der Waals surface area contributed by atoms with E-state index in [0.717, 1.165) is 33.6 Å². The van der Waals surface area contributed by atoms with E-state index in [1.807, 2.05) is 48.7 Å². The highest BCUT2D eigenvalue weighted by atomic mass is 15.0. The summed E-state index contributed by atoms with van der Waals surface area (Å²) in [5, 5.41) is 1.11.